The third-order valence-corrected chi connectivity index (χ3v) is 3.85. The smallest absolute Gasteiger partial charge is 0.388 e. The molecule has 0 saturated carbocycles. The monoisotopic (exact) mass is 310 g/mol. The van der Waals surface area contributed by atoms with E-state index in [1.165, 1.54) is 40.3 Å². The van der Waals surface area contributed by atoms with Gasteiger partial charge in [0.1, 0.15) is 5.82 Å². The molecule has 2 heterocycles. The van der Waals surface area contributed by atoms with Gasteiger partial charge in [0.25, 0.3) is 0 Å². The maximum Gasteiger partial charge on any atom is 0.437 e. The van der Waals surface area contributed by atoms with Gasteiger partial charge in [-0.25, -0.2) is 9.18 Å². The normalized spacial score (nSPS) is 10.9. The minimum Gasteiger partial charge on any atom is -0.388 e. The van der Waals surface area contributed by atoms with Crippen LogP contribution in [0.4, 0.5) is 4.39 Å². The number of halogens is 2. The molecule has 2 aromatic heterocycles. The van der Waals surface area contributed by atoms with E-state index >= 15 is 0 Å². The molecule has 0 bridgehead atoms. The Kier molecular flexibility index (Phi) is 3.42. The Hall–Kier alpha value is -1.92. The van der Waals surface area contributed by atoms with E-state index in [4.69, 9.17) is 16.0 Å². The van der Waals surface area contributed by atoms with Gasteiger partial charge >= 0.3 is 5.76 Å². The van der Waals surface area contributed by atoms with E-state index in [-0.39, 0.29) is 11.7 Å². The maximum atomic E-state index is 12.8. The van der Waals surface area contributed by atoms with E-state index in [0.717, 1.165) is 4.88 Å². The summed E-state index contributed by atoms with van der Waals surface area (Å²) in [6.07, 6.45) is 0. The Morgan fingerprint density at radius 1 is 1.25 bits per heavy atom. The first-order valence-electron chi connectivity index (χ1n) is 5.70. The molecule has 20 heavy (non-hydrogen) atoms. The lowest BCUT2D eigenvalue weighted by Crippen LogP contribution is -2.15. The van der Waals surface area contributed by atoms with Crippen molar-refractivity contribution in [1.82, 2.24) is 9.78 Å². The van der Waals surface area contributed by atoms with Crippen LogP contribution in [-0.4, -0.2) is 9.78 Å². The van der Waals surface area contributed by atoms with Gasteiger partial charge in [-0.3, -0.25) is 0 Å². The van der Waals surface area contributed by atoms with E-state index in [2.05, 4.69) is 5.10 Å². The molecule has 7 heteroatoms. The van der Waals surface area contributed by atoms with Crippen LogP contribution < -0.4 is 5.76 Å². The van der Waals surface area contributed by atoms with Gasteiger partial charge in [-0.05, 0) is 36.4 Å². The number of hydrogen-bond acceptors (Lipinski definition) is 4. The average molecular weight is 311 g/mol. The molecule has 0 amide bonds. The van der Waals surface area contributed by atoms with Crippen molar-refractivity contribution in [3.05, 3.63) is 62.0 Å². The van der Waals surface area contributed by atoms with Crippen LogP contribution in [0.25, 0.3) is 11.5 Å². The third kappa shape index (κ3) is 2.66. The van der Waals surface area contributed by atoms with Gasteiger partial charge in [-0.15, -0.1) is 16.4 Å². The van der Waals surface area contributed by atoms with Crippen LogP contribution in [-0.2, 0) is 6.54 Å². The second-order valence-corrected chi connectivity index (χ2v) is 5.84. The molecule has 0 radical (unpaired) electrons. The van der Waals surface area contributed by atoms with Crippen molar-refractivity contribution in [2.24, 2.45) is 0 Å². The molecule has 0 fully saturated rings. The number of aromatic nitrogens is 2. The Balaban J connectivity index is 1.91. The SMILES string of the molecule is O=c1oc(-c2ccc(F)cc2)nn1Cc1ccc(Cl)s1. The van der Waals surface area contributed by atoms with Crippen molar-refractivity contribution in [2.75, 3.05) is 0 Å². The second kappa shape index (κ2) is 5.22. The van der Waals surface area contributed by atoms with Gasteiger partial charge in [0.05, 0.1) is 10.9 Å². The van der Waals surface area contributed by atoms with Crippen molar-refractivity contribution in [1.29, 1.82) is 0 Å². The number of rotatable bonds is 3. The zero-order valence-electron chi connectivity index (χ0n) is 10.0. The highest BCUT2D eigenvalue weighted by Gasteiger charge is 2.11. The minimum atomic E-state index is -0.561. The van der Waals surface area contributed by atoms with Crippen molar-refractivity contribution < 1.29 is 8.81 Å². The first-order valence-corrected chi connectivity index (χ1v) is 6.89. The molecule has 0 aliphatic heterocycles. The molecule has 0 atom stereocenters. The standard InChI is InChI=1S/C13H8ClFN2O2S/c14-11-6-5-10(20-11)7-17-13(18)19-12(16-17)8-1-3-9(15)4-2-8/h1-6H,7H2. The molecule has 0 saturated heterocycles. The predicted octanol–water partition coefficient (Wildman–Crippen LogP) is 3.41. The maximum absolute atomic E-state index is 12.8. The topological polar surface area (TPSA) is 48.0 Å². The fraction of sp³-hybridized carbons (Fsp3) is 0.0769. The van der Waals surface area contributed by atoms with Crippen LogP contribution in [0.2, 0.25) is 4.34 Å². The molecule has 0 N–H and O–H groups in total. The summed E-state index contributed by atoms with van der Waals surface area (Å²) in [4.78, 5) is 12.6. The summed E-state index contributed by atoms with van der Waals surface area (Å²) >= 11 is 7.21. The lowest BCUT2D eigenvalue weighted by atomic mass is 10.2. The molecule has 3 rings (SSSR count). The fourth-order valence-corrected chi connectivity index (χ4v) is 2.77. The van der Waals surface area contributed by atoms with E-state index in [0.29, 0.717) is 16.4 Å². The Bertz CT molecular complexity index is 791. The molecule has 0 aliphatic rings. The summed E-state index contributed by atoms with van der Waals surface area (Å²) in [5, 5.41) is 4.09. The Morgan fingerprint density at radius 3 is 2.65 bits per heavy atom. The Labute approximate surface area is 122 Å². The highest BCUT2D eigenvalue weighted by Crippen LogP contribution is 2.22. The lowest BCUT2D eigenvalue weighted by molar-refractivity contribution is 0.496. The zero-order chi connectivity index (χ0) is 14.1. The molecule has 1 aromatic carbocycles. The van der Waals surface area contributed by atoms with Gasteiger partial charge in [0.2, 0.25) is 5.89 Å². The molecule has 4 nitrogen and oxygen atoms in total. The van der Waals surface area contributed by atoms with Crippen LogP contribution in [0.5, 0.6) is 0 Å². The van der Waals surface area contributed by atoms with Crippen molar-refractivity contribution in [2.45, 2.75) is 6.54 Å². The van der Waals surface area contributed by atoms with Crippen molar-refractivity contribution in [3.63, 3.8) is 0 Å². The molecule has 0 aliphatic carbocycles. The van der Waals surface area contributed by atoms with E-state index < -0.39 is 5.76 Å². The summed E-state index contributed by atoms with van der Waals surface area (Å²) in [7, 11) is 0. The summed E-state index contributed by atoms with van der Waals surface area (Å²) in [5.41, 5.74) is 0.548. The largest absolute Gasteiger partial charge is 0.437 e. The van der Waals surface area contributed by atoms with Gasteiger partial charge in [0, 0.05) is 10.4 Å². The first-order chi connectivity index (χ1) is 9.61. The number of hydrogen-bond donors (Lipinski definition) is 0. The third-order valence-electron chi connectivity index (χ3n) is 2.63. The van der Waals surface area contributed by atoms with Crippen LogP contribution in [0.15, 0.2) is 45.6 Å². The predicted molar refractivity (Wildman–Crippen MR) is 74.6 cm³/mol. The van der Waals surface area contributed by atoms with Crippen LogP contribution >= 0.6 is 22.9 Å². The van der Waals surface area contributed by atoms with Crippen LogP contribution in [0, 0.1) is 5.82 Å². The quantitative estimate of drug-likeness (QED) is 0.745. The number of thiophene rings is 1. The van der Waals surface area contributed by atoms with Gasteiger partial charge < -0.3 is 4.42 Å². The van der Waals surface area contributed by atoms with Crippen LogP contribution in [0.3, 0.4) is 0 Å². The summed E-state index contributed by atoms with van der Waals surface area (Å²) < 4.78 is 19.8. The summed E-state index contributed by atoms with van der Waals surface area (Å²) in [6.45, 7) is 0.293. The van der Waals surface area contributed by atoms with Crippen LogP contribution in [0.1, 0.15) is 4.88 Å². The fourth-order valence-electron chi connectivity index (χ4n) is 1.70. The molecule has 3 aromatic rings. The highest BCUT2D eigenvalue weighted by molar-refractivity contribution is 7.16. The highest BCUT2D eigenvalue weighted by atomic mass is 35.5. The molecular formula is C13H8ClFN2O2S. The second-order valence-electron chi connectivity index (χ2n) is 4.04. The molecule has 0 spiro atoms. The lowest BCUT2D eigenvalue weighted by Gasteiger charge is -1.95. The molecule has 0 unspecified atom stereocenters. The van der Waals surface area contributed by atoms with E-state index in [9.17, 15) is 9.18 Å². The summed E-state index contributed by atoms with van der Waals surface area (Å²) in [5.74, 6) is -0.754. The number of nitrogens with zero attached hydrogens (tertiary/aromatic N) is 2. The Morgan fingerprint density at radius 2 is 2.00 bits per heavy atom. The van der Waals surface area contributed by atoms with Crippen molar-refractivity contribution >= 4 is 22.9 Å². The number of benzene rings is 1. The first kappa shape index (κ1) is 13.1. The minimum absolute atomic E-state index is 0.164. The summed E-state index contributed by atoms with van der Waals surface area (Å²) in [6, 6.07) is 9.17. The van der Waals surface area contributed by atoms with Crippen molar-refractivity contribution in [3.8, 4) is 11.5 Å². The average Bonchev–Trinajstić information content (AvgIpc) is 2.98. The molecular weight excluding hydrogens is 303 g/mol. The van der Waals surface area contributed by atoms with E-state index in [1.807, 2.05) is 6.07 Å². The van der Waals surface area contributed by atoms with Gasteiger partial charge in [-0.2, -0.15) is 4.68 Å². The van der Waals surface area contributed by atoms with Gasteiger partial charge in [0.15, 0.2) is 0 Å². The van der Waals surface area contributed by atoms with Gasteiger partial charge in [-0.1, -0.05) is 11.6 Å². The molecule has 102 valence electrons. The zero-order valence-corrected chi connectivity index (χ0v) is 11.6. The van der Waals surface area contributed by atoms with E-state index in [1.54, 1.807) is 6.07 Å².